The minimum atomic E-state index is -0.147. The summed E-state index contributed by atoms with van der Waals surface area (Å²) in [6.07, 6.45) is 14.8. The fourth-order valence-electron chi connectivity index (χ4n) is 8.46. The molecule has 1 spiro atoms. The molecule has 0 amide bonds. The summed E-state index contributed by atoms with van der Waals surface area (Å²) < 4.78 is 6.21. The van der Waals surface area contributed by atoms with Gasteiger partial charge in [0.25, 0.3) is 0 Å². The van der Waals surface area contributed by atoms with E-state index in [-0.39, 0.29) is 17.0 Å². The third kappa shape index (κ3) is 1.67. The highest BCUT2D eigenvalue weighted by molar-refractivity contribution is 5.92. The van der Waals surface area contributed by atoms with Gasteiger partial charge in [-0.1, -0.05) is 19.1 Å². The largest absolute Gasteiger partial charge is 0.458 e. The maximum atomic E-state index is 12.1. The fourth-order valence-corrected chi connectivity index (χ4v) is 8.46. The third-order valence-corrected chi connectivity index (χ3v) is 9.33. The summed E-state index contributed by atoms with van der Waals surface area (Å²) in [5, 5.41) is 0. The molecule has 0 bridgehead atoms. The number of fused-ring (bicyclic) bond motifs is 9. The predicted molar refractivity (Wildman–Crippen MR) is 97.0 cm³/mol. The number of carbonyl (C=O) groups excluding carboxylic acids is 2. The maximum Gasteiger partial charge on any atom is 0.306 e. The Morgan fingerprint density at radius 2 is 2.04 bits per heavy atom. The molecule has 6 rings (SSSR count). The summed E-state index contributed by atoms with van der Waals surface area (Å²) in [6, 6.07) is 0. The van der Waals surface area contributed by atoms with E-state index in [2.05, 4.69) is 19.1 Å². The van der Waals surface area contributed by atoms with E-state index in [0.717, 1.165) is 31.6 Å². The van der Waals surface area contributed by atoms with Crippen LogP contribution in [0, 0.1) is 40.9 Å². The minimum absolute atomic E-state index is 0.0430. The number of carbonyl (C=O) groups is 2. The highest BCUT2D eigenvalue weighted by Gasteiger charge is 2.79. The van der Waals surface area contributed by atoms with Gasteiger partial charge in [-0.15, -0.1) is 0 Å². The molecule has 0 aromatic carbocycles. The molecule has 1 saturated heterocycles. The van der Waals surface area contributed by atoms with Crippen LogP contribution < -0.4 is 0 Å². The SMILES string of the molecule is CCC12CCC3C4CCC(=O)C=C4C=CC3C1C1CC1C21CCC(=O)O1. The van der Waals surface area contributed by atoms with Gasteiger partial charge in [0.2, 0.25) is 0 Å². The summed E-state index contributed by atoms with van der Waals surface area (Å²) in [5.74, 6) is 4.30. The zero-order chi connectivity index (χ0) is 17.7. The van der Waals surface area contributed by atoms with Crippen LogP contribution in [-0.2, 0) is 14.3 Å². The van der Waals surface area contributed by atoms with Gasteiger partial charge in [-0.05, 0) is 79.8 Å². The second-order valence-electron chi connectivity index (χ2n) is 9.80. The lowest BCUT2D eigenvalue weighted by molar-refractivity contribution is -0.175. The first-order chi connectivity index (χ1) is 12.6. The van der Waals surface area contributed by atoms with Gasteiger partial charge in [0.1, 0.15) is 5.60 Å². The third-order valence-electron chi connectivity index (χ3n) is 9.33. The summed E-state index contributed by atoms with van der Waals surface area (Å²) >= 11 is 0. The molecular formula is C23H28O3. The van der Waals surface area contributed by atoms with Crippen molar-refractivity contribution < 1.29 is 14.3 Å². The van der Waals surface area contributed by atoms with Crippen molar-refractivity contribution in [1.29, 1.82) is 0 Å². The van der Waals surface area contributed by atoms with Crippen LogP contribution in [0.2, 0.25) is 0 Å². The Hall–Kier alpha value is -1.38. The van der Waals surface area contributed by atoms with E-state index in [0.29, 0.717) is 41.8 Å². The van der Waals surface area contributed by atoms with Gasteiger partial charge in [-0.2, -0.15) is 0 Å². The van der Waals surface area contributed by atoms with Crippen molar-refractivity contribution in [1.82, 2.24) is 0 Å². The van der Waals surface area contributed by atoms with Crippen molar-refractivity contribution in [2.45, 2.75) is 63.9 Å². The van der Waals surface area contributed by atoms with Crippen molar-refractivity contribution in [2.24, 2.45) is 40.9 Å². The molecule has 1 heterocycles. The molecule has 8 unspecified atom stereocenters. The first kappa shape index (κ1) is 15.7. The minimum Gasteiger partial charge on any atom is -0.458 e. The Kier molecular flexibility index (Phi) is 2.96. The lowest BCUT2D eigenvalue weighted by atomic mass is 9.49. The standard InChI is InChI=1S/C23H28O3/c1-2-22-9-7-16-15-6-4-14(24)11-13(15)3-5-17(16)21(22)18-12-19(18)23(22)10-8-20(25)26-23/h3,5,11,15-19,21H,2,4,6-10,12H2,1H3. The van der Waals surface area contributed by atoms with E-state index < -0.39 is 0 Å². The van der Waals surface area contributed by atoms with Gasteiger partial charge in [0.15, 0.2) is 5.78 Å². The van der Waals surface area contributed by atoms with Crippen LogP contribution in [0.15, 0.2) is 23.8 Å². The highest BCUT2D eigenvalue weighted by atomic mass is 16.6. The lowest BCUT2D eigenvalue weighted by Gasteiger charge is -2.57. The van der Waals surface area contributed by atoms with Crippen LogP contribution in [0.3, 0.4) is 0 Å². The van der Waals surface area contributed by atoms with E-state index in [1.165, 1.54) is 24.8 Å². The first-order valence-electron chi connectivity index (χ1n) is 10.7. The highest BCUT2D eigenvalue weighted by Crippen LogP contribution is 2.79. The number of ketones is 1. The molecule has 0 radical (unpaired) electrons. The van der Waals surface area contributed by atoms with Crippen LogP contribution in [-0.4, -0.2) is 17.4 Å². The molecule has 6 aliphatic rings. The predicted octanol–water partition coefficient (Wildman–Crippen LogP) is 4.23. The number of ether oxygens (including phenoxy) is 1. The zero-order valence-electron chi connectivity index (χ0n) is 15.6. The van der Waals surface area contributed by atoms with Crippen LogP contribution in [0.4, 0.5) is 0 Å². The first-order valence-corrected chi connectivity index (χ1v) is 10.7. The molecule has 0 aromatic heterocycles. The van der Waals surface area contributed by atoms with Crippen LogP contribution >= 0.6 is 0 Å². The van der Waals surface area contributed by atoms with E-state index in [9.17, 15) is 9.59 Å². The lowest BCUT2D eigenvalue weighted by Crippen LogP contribution is -2.55. The molecule has 1 aliphatic heterocycles. The zero-order valence-corrected chi connectivity index (χ0v) is 15.6. The molecular weight excluding hydrogens is 324 g/mol. The van der Waals surface area contributed by atoms with Gasteiger partial charge in [-0.3, -0.25) is 9.59 Å². The fraction of sp³-hybridized carbons (Fsp3) is 0.739. The Balaban J connectivity index is 1.43. The van der Waals surface area contributed by atoms with Gasteiger partial charge >= 0.3 is 5.97 Å². The number of esters is 1. The number of hydrogen-bond donors (Lipinski definition) is 0. The van der Waals surface area contributed by atoms with Crippen LogP contribution in [0.1, 0.15) is 58.3 Å². The summed E-state index contributed by atoms with van der Waals surface area (Å²) in [4.78, 5) is 24.0. The Morgan fingerprint density at radius 3 is 2.81 bits per heavy atom. The summed E-state index contributed by atoms with van der Waals surface area (Å²) in [6.45, 7) is 2.34. The maximum absolute atomic E-state index is 12.1. The molecule has 0 aromatic rings. The molecule has 138 valence electrons. The topological polar surface area (TPSA) is 43.4 Å². The van der Waals surface area contributed by atoms with Crippen molar-refractivity contribution >= 4 is 11.8 Å². The summed E-state index contributed by atoms with van der Waals surface area (Å²) in [7, 11) is 0. The number of hydrogen-bond acceptors (Lipinski definition) is 3. The Bertz CT molecular complexity index is 763. The summed E-state index contributed by atoms with van der Waals surface area (Å²) in [5.41, 5.74) is 1.34. The molecule has 3 nitrogen and oxygen atoms in total. The van der Waals surface area contributed by atoms with Crippen molar-refractivity contribution in [3.63, 3.8) is 0 Å². The number of allylic oxidation sites excluding steroid dienone is 4. The second-order valence-corrected chi connectivity index (χ2v) is 9.80. The molecule has 0 N–H and O–H groups in total. The Morgan fingerprint density at radius 1 is 1.15 bits per heavy atom. The van der Waals surface area contributed by atoms with E-state index >= 15 is 0 Å². The average molecular weight is 352 g/mol. The Labute approximate surface area is 155 Å². The van der Waals surface area contributed by atoms with Gasteiger partial charge in [0, 0.05) is 24.2 Å². The van der Waals surface area contributed by atoms with Gasteiger partial charge in [-0.25, -0.2) is 0 Å². The quantitative estimate of drug-likeness (QED) is 0.664. The second kappa shape index (κ2) is 4.91. The van der Waals surface area contributed by atoms with Gasteiger partial charge in [0.05, 0.1) is 0 Å². The molecule has 5 aliphatic carbocycles. The van der Waals surface area contributed by atoms with E-state index in [1.807, 2.05) is 6.08 Å². The van der Waals surface area contributed by atoms with Crippen LogP contribution in [0.25, 0.3) is 0 Å². The normalized spacial score (nSPS) is 53.5. The van der Waals surface area contributed by atoms with Crippen molar-refractivity contribution in [3.05, 3.63) is 23.8 Å². The monoisotopic (exact) mass is 352 g/mol. The average Bonchev–Trinajstić information content (AvgIpc) is 3.29. The van der Waals surface area contributed by atoms with E-state index in [1.54, 1.807) is 0 Å². The molecule has 4 fully saturated rings. The van der Waals surface area contributed by atoms with E-state index in [4.69, 9.17) is 4.74 Å². The molecule has 3 saturated carbocycles. The van der Waals surface area contributed by atoms with Crippen LogP contribution in [0.5, 0.6) is 0 Å². The van der Waals surface area contributed by atoms with Crippen molar-refractivity contribution in [2.75, 3.05) is 0 Å². The van der Waals surface area contributed by atoms with Gasteiger partial charge < -0.3 is 4.74 Å². The number of rotatable bonds is 1. The molecule has 26 heavy (non-hydrogen) atoms. The smallest absolute Gasteiger partial charge is 0.306 e. The molecule has 3 heteroatoms. The molecule has 8 atom stereocenters. The van der Waals surface area contributed by atoms with Crippen molar-refractivity contribution in [3.8, 4) is 0 Å².